The molecule has 3 rings (SSSR count). The Labute approximate surface area is 148 Å². The van der Waals surface area contributed by atoms with Gasteiger partial charge in [-0.15, -0.1) is 5.10 Å². The van der Waals surface area contributed by atoms with Crippen LogP contribution in [0.15, 0.2) is 53.7 Å². The van der Waals surface area contributed by atoms with Gasteiger partial charge in [-0.3, -0.25) is 4.79 Å². The second kappa shape index (κ2) is 7.51. The third kappa shape index (κ3) is 4.15. The molecule has 1 aromatic heterocycles. The van der Waals surface area contributed by atoms with E-state index in [9.17, 15) is 4.79 Å². The number of anilines is 1. The van der Waals surface area contributed by atoms with E-state index in [4.69, 9.17) is 11.6 Å². The minimum atomic E-state index is -0.161. The number of carbonyl (C=O) groups excluding carboxylic acids is 1. The number of H-pyrrole nitrogens is 1. The fraction of sp³-hybridized carbons (Fsp3) is 0.118. The lowest BCUT2D eigenvalue weighted by Crippen LogP contribution is -2.11. The molecule has 0 aliphatic rings. The molecule has 1 amide bonds. The maximum Gasteiger partial charge on any atom is 0.255 e. The van der Waals surface area contributed by atoms with Crippen LogP contribution in [0, 0.1) is 6.92 Å². The topological polar surface area (TPSA) is 70.7 Å². The molecule has 0 aliphatic heterocycles. The number of amides is 1. The van der Waals surface area contributed by atoms with Crippen LogP contribution in [0.3, 0.4) is 0 Å². The van der Waals surface area contributed by atoms with Crippen molar-refractivity contribution in [2.45, 2.75) is 17.7 Å². The van der Waals surface area contributed by atoms with Crippen molar-refractivity contribution < 1.29 is 4.79 Å². The number of hydrogen-bond donors (Lipinski definition) is 2. The average molecular weight is 359 g/mol. The summed E-state index contributed by atoms with van der Waals surface area (Å²) in [5.41, 5.74) is 3.37. The molecule has 3 aromatic rings. The quantitative estimate of drug-likeness (QED) is 0.667. The van der Waals surface area contributed by atoms with Crippen LogP contribution in [0.4, 0.5) is 5.69 Å². The van der Waals surface area contributed by atoms with Crippen molar-refractivity contribution in [1.82, 2.24) is 15.4 Å². The molecule has 0 bridgehead atoms. The fourth-order valence-electron chi connectivity index (χ4n) is 2.04. The Morgan fingerprint density at radius 3 is 2.71 bits per heavy atom. The van der Waals surface area contributed by atoms with Gasteiger partial charge in [-0.1, -0.05) is 41.6 Å². The summed E-state index contributed by atoms with van der Waals surface area (Å²) >= 11 is 7.66. The van der Waals surface area contributed by atoms with Crippen molar-refractivity contribution >= 4 is 35.0 Å². The number of carbonyl (C=O) groups is 1. The highest BCUT2D eigenvalue weighted by molar-refractivity contribution is 7.98. The number of benzene rings is 2. The van der Waals surface area contributed by atoms with Crippen LogP contribution in [-0.4, -0.2) is 21.3 Å². The van der Waals surface area contributed by atoms with E-state index in [1.165, 1.54) is 0 Å². The molecule has 0 fully saturated rings. The summed E-state index contributed by atoms with van der Waals surface area (Å²) in [6.07, 6.45) is 1.68. The molecule has 0 atom stereocenters. The number of aromatic amines is 1. The zero-order valence-electron chi connectivity index (χ0n) is 12.9. The molecule has 2 N–H and O–H groups in total. The molecular formula is C17H15ClN4OS. The summed E-state index contributed by atoms with van der Waals surface area (Å²) in [4.78, 5) is 12.3. The lowest BCUT2D eigenvalue weighted by molar-refractivity contribution is 0.102. The van der Waals surface area contributed by atoms with Gasteiger partial charge in [0.2, 0.25) is 0 Å². The molecular weight excluding hydrogens is 344 g/mol. The summed E-state index contributed by atoms with van der Waals surface area (Å²) in [5, 5.41) is 14.7. The van der Waals surface area contributed by atoms with Crippen LogP contribution in [0.25, 0.3) is 0 Å². The molecule has 0 unspecified atom stereocenters. The van der Waals surface area contributed by atoms with Gasteiger partial charge in [0.25, 0.3) is 5.91 Å². The van der Waals surface area contributed by atoms with Crippen molar-refractivity contribution in [2.75, 3.05) is 5.32 Å². The van der Waals surface area contributed by atoms with E-state index in [0.717, 1.165) is 21.9 Å². The van der Waals surface area contributed by atoms with Crippen molar-refractivity contribution in [2.24, 2.45) is 0 Å². The van der Waals surface area contributed by atoms with E-state index < -0.39 is 0 Å². The first-order valence-corrected chi connectivity index (χ1v) is 8.63. The lowest BCUT2D eigenvalue weighted by atomic mass is 10.1. The Balaban J connectivity index is 1.61. The van der Waals surface area contributed by atoms with E-state index in [1.54, 1.807) is 24.0 Å². The smallest absolute Gasteiger partial charge is 0.255 e. The summed E-state index contributed by atoms with van der Waals surface area (Å²) in [5.74, 6) is 0.604. The molecule has 0 spiro atoms. The second-order valence-corrected chi connectivity index (χ2v) is 6.61. The molecule has 5 nitrogen and oxygen atoms in total. The Hall–Kier alpha value is -2.31. The standard InChI is InChI=1S/C17H15ClN4OS/c1-11-2-7-14(8-15(11)18)20-17(23)13-5-3-12(4-6-13)10-24-16-9-19-22-21-16/h2-9H,10H2,1H3,(H,20,23)(H,19,21,22). The molecule has 0 radical (unpaired) electrons. The Morgan fingerprint density at radius 2 is 2.04 bits per heavy atom. The van der Waals surface area contributed by atoms with Gasteiger partial charge in [0.15, 0.2) is 0 Å². The number of aromatic nitrogens is 3. The predicted octanol–water partition coefficient (Wildman–Crippen LogP) is 4.31. The van der Waals surface area contributed by atoms with Crippen LogP contribution < -0.4 is 5.32 Å². The largest absolute Gasteiger partial charge is 0.322 e. The Kier molecular flexibility index (Phi) is 5.17. The van der Waals surface area contributed by atoms with Crippen LogP contribution in [0.5, 0.6) is 0 Å². The zero-order chi connectivity index (χ0) is 16.9. The SMILES string of the molecule is Cc1ccc(NC(=O)c2ccc(CSc3cn[nH]n3)cc2)cc1Cl. The fourth-order valence-corrected chi connectivity index (χ4v) is 2.96. The first-order valence-electron chi connectivity index (χ1n) is 7.27. The van der Waals surface area contributed by atoms with Crippen LogP contribution in [0.2, 0.25) is 5.02 Å². The summed E-state index contributed by atoms with van der Waals surface area (Å²) in [6, 6.07) is 12.9. The van der Waals surface area contributed by atoms with E-state index in [1.807, 2.05) is 43.3 Å². The monoisotopic (exact) mass is 358 g/mol. The van der Waals surface area contributed by atoms with Gasteiger partial charge in [-0.05, 0) is 42.3 Å². The number of thioether (sulfide) groups is 1. The number of nitrogens with zero attached hydrogens (tertiary/aromatic N) is 2. The van der Waals surface area contributed by atoms with Crippen molar-refractivity contribution in [3.05, 3.63) is 70.4 Å². The molecule has 0 saturated carbocycles. The molecule has 0 aliphatic carbocycles. The number of aryl methyl sites for hydroxylation is 1. The van der Waals surface area contributed by atoms with Gasteiger partial charge in [0, 0.05) is 22.0 Å². The highest BCUT2D eigenvalue weighted by Gasteiger charge is 2.07. The molecule has 24 heavy (non-hydrogen) atoms. The molecule has 0 saturated heterocycles. The normalized spacial score (nSPS) is 10.6. The first kappa shape index (κ1) is 16.5. The van der Waals surface area contributed by atoms with Crippen LogP contribution in [-0.2, 0) is 5.75 Å². The van der Waals surface area contributed by atoms with Gasteiger partial charge in [0.1, 0.15) is 5.03 Å². The van der Waals surface area contributed by atoms with Gasteiger partial charge < -0.3 is 5.32 Å². The van der Waals surface area contributed by atoms with E-state index in [0.29, 0.717) is 16.3 Å². The van der Waals surface area contributed by atoms with Crippen LogP contribution in [0.1, 0.15) is 21.5 Å². The minimum absolute atomic E-state index is 0.161. The molecule has 122 valence electrons. The van der Waals surface area contributed by atoms with Gasteiger partial charge >= 0.3 is 0 Å². The molecule has 2 aromatic carbocycles. The van der Waals surface area contributed by atoms with Gasteiger partial charge in [-0.25, -0.2) is 0 Å². The predicted molar refractivity (Wildman–Crippen MR) is 96.5 cm³/mol. The number of rotatable bonds is 5. The van der Waals surface area contributed by atoms with Crippen molar-refractivity contribution in [3.8, 4) is 0 Å². The Morgan fingerprint density at radius 1 is 1.25 bits per heavy atom. The molecule has 7 heteroatoms. The summed E-state index contributed by atoms with van der Waals surface area (Å²) in [6.45, 7) is 1.92. The lowest BCUT2D eigenvalue weighted by Gasteiger charge is -2.07. The van der Waals surface area contributed by atoms with E-state index in [-0.39, 0.29) is 5.91 Å². The highest BCUT2D eigenvalue weighted by atomic mass is 35.5. The summed E-state index contributed by atoms with van der Waals surface area (Å²) in [7, 11) is 0. The third-order valence-corrected chi connectivity index (χ3v) is 4.80. The third-order valence-electron chi connectivity index (χ3n) is 3.43. The number of hydrogen-bond acceptors (Lipinski definition) is 4. The number of nitrogens with one attached hydrogen (secondary N) is 2. The number of halogens is 1. The maximum atomic E-state index is 12.3. The summed E-state index contributed by atoms with van der Waals surface area (Å²) < 4.78 is 0. The Bertz CT molecular complexity index is 834. The average Bonchev–Trinajstić information content (AvgIpc) is 3.10. The zero-order valence-corrected chi connectivity index (χ0v) is 14.5. The van der Waals surface area contributed by atoms with Gasteiger partial charge in [0.05, 0.1) is 6.20 Å². The van der Waals surface area contributed by atoms with E-state index in [2.05, 4.69) is 20.7 Å². The van der Waals surface area contributed by atoms with Crippen molar-refractivity contribution in [1.29, 1.82) is 0 Å². The van der Waals surface area contributed by atoms with Crippen LogP contribution >= 0.6 is 23.4 Å². The van der Waals surface area contributed by atoms with Crippen molar-refractivity contribution in [3.63, 3.8) is 0 Å². The van der Waals surface area contributed by atoms with Gasteiger partial charge in [-0.2, -0.15) is 10.3 Å². The molecule has 1 heterocycles. The second-order valence-electron chi connectivity index (χ2n) is 5.21. The van der Waals surface area contributed by atoms with E-state index >= 15 is 0 Å². The first-order chi connectivity index (χ1) is 11.6. The maximum absolute atomic E-state index is 12.3. The highest BCUT2D eigenvalue weighted by Crippen LogP contribution is 2.22. The minimum Gasteiger partial charge on any atom is -0.322 e.